The summed E-state index contributed by atoms with van der Waals surface area (Å²) >= 11 is 0. The highest BCUT2D eigenvalue weighted by Gasteiger charge is 2.39. The number of ether oxygens (including phenoxy) is 4. The van der Waals surface area contributed by atoms with E-state index in [0.29, 0.717) is 5.95 Å². The predicted octanol–water partition coefficient (Wildman–Crippen LogP) is 7.02. The maximum absolute atomic E-state index is 14.6. The normalized spacial score (nSPS) is 16.3. The minimum absolute atomic E-state index is 0.0450. The number of nitrogens with zero attached hydrogens (tertiary/aromatic N) is 4. The quantitative estimate of drug-likeness (QED) is 0.279. The smallest absolute Gasteiger partial charge is 0.410 e. The van der Waals surface area contributed by atoms with E-state index in [9.17, 15) is 13.6 Å². The number of amides is 1. The number of likely N-dealkylation sites (tertiary alicyclic amines) is 1. The first-order chi connectivity index (χ1) is 21.9. The van der Waals surface area contributed by atoms with Crippen LogP contribution in [0.5, 0.6) is 17.2 Å². The molecule has 248 valence electrons. The Bertz CT molecular complexity index is 1530. The fourth-order valence-electron chi connectivity index (χ4n) is 6.05. The maximum atomic E-state index is 14.6. The summed E-state index contributed by atoms with van der Waals surface area (Å²) in [5, 5.41) is 3.17. The van der Waals surface area contributed by atoms with Gasteiger partial charge in [0.1, 0.15) is 23.8 Å². The fourth-order valence-corrected chi connectivity index (χ4v) is 6.05. The lowest BCUT2D eigenvalue weighted by atomic mass is 9.71. The van der Waals surface area contributed by atoms with Crippen LogP contribution in [-0.4, -0.2) is 67.0 Å². The van der Waals surface area contributed by atoms with Gasteiger partial charge in [-0.1, -0.05) is 0 Å². The van der Waals surface area contributed by atoms with Crippen LogP contribution in [0.3, 0.4) is 0 Å². The zero-order valence-electron chi connectivity index (χ0n) is 27.4. The van der Waals surface area contributed by atoms with Crippen molar-refractivity contribution in [3.05, 3.63) is 59.4 Å². The second kappa shape index (κ2) is 13.6. The molecule has 10 nitrogen and oxygen atoms in total. The van der Waals surface area contributed by atoms with Gasteiger partial charge in [0.05, 0.1) is 37.9 Å². The molecule has 0 atom stereocenters. The number of carbonyl (C=O) groups excluding carboxylic acids is 1. The molecule has 2 aromatic carbocycles. The summed E-state index contributed by atoms with van der Waals surface area (Å²) in [6.07, 6.45) is 6.72. The van der Waals surface area contributed by atoms with Crippen molar-refractivity contribution < 1.29 is 32.5 Å². The van der Waals surface area contributed by atoms with Crippen molar-refractivity contribution in [1.29, 1.82) is 0 Å². The molecule has 5 rings (SSSR count). The molecule has 1 N–H and O–H groups in total. The molecule has 2 aliphatic heterocycles. The predicted molar refractivity (Wildman–Crippen MR) is 171 cm³/mol. The molecular formula is C34H43F2N5O5. The van der Waals surface area contributed by atoms with Crippen LogP contribution in [0.2, 0.25) is 0 Å². The molecule has 12 heteroatoms. The Labute approximate surface area is 269 Å². The van der Waals surface area contributed by atoms with E-state index in [2.05, 4.69) is 20.2 Å². The van der Waals surface area contributed by atoms with Crippen LogP contribution in [0.25, 0.3) is 0 Å². The van der Waals surface area contributed by atoms with E-state index >= 15 is 0 Å². The molecule has 3 heterocycles. The van der Waals surface area contributed by atoms with Gasteiger partial charge in [0.25, 0.3) is 0 Å². The number of methoxy groups -OCH3 is 2. The van der Waals surface area contributed by atoms with Crippen LogP contribution < -0.4 is 24.4 Å². The lowest BCUT2D eigenvalue weighted by molar-refractivity contribution is 0.00664. The van der Waals surface area contributed by atoms with Gasteiger partial charge in [0.15, 0.2) is 17.3 Å². The highest BCUT2D eigenvalue weighted by Crippen LogP contribution is 2.44. The molecule has 0 unspecified atom stereocenters. The molecule has 2 aliphatic rings. The topological polar surface area (TPSA) is 98.3 Å². The number of carbonyl (C=O) groups is 1. The van der Waals surface area contributed by atoms with Crippen molar-refractivity contribution in [3.63, 3.8) is 0 Å². The first kappa shape index (κ1) is 33.0. The molecule has 46 heavy (non-hydrogen) atoms. The molecule has 0 aliphatic carbocycles. The van der Waals surface area contributed by atoms with Crippen molar-refractivity contribution in [2.75, 3.05) is 50.6 Å². The van der Waals surface area contributed by atoms with Gasteiger partial charge >= 0.3 is 6.09 Å². The van der Waals surface area contributed by atoms with Gasteiger partial charge in [-0.15, -0.1) is 0 Å². The molecule has 3 aromatic rings. The highest BCUT2D eigenvalue weighted by atomic mass is 19.1. The minimum atomic E-state index is -0.799. The van der Waals surface area contributed by atoms with E-state index in [4.69, 9.17) is 18.9 Å². The number of rotatable bonds is 8. The SMILES string of the molecule is COc1cc(Nc2ncc(OCc3c(F)c(C)cc(OC)c3F)cn2)ccc1N1CCC2(CCN(C(=O)OC(C)(C)C)CC2)CC1. The van der Waals surface area contributed by atoms with E-state index in [1.54, 1.807) is 7.11 Å². The lowest BCUT2D eigenvalue weighted by Gasteiger charge is -2.47. The summed E-state index contributed by atoms with van der Waals surface area (Å²) in [7, 11) is 2.98. The molecule has 1 aromatic heterocycles. The molecule has 0 radical (unpaired) electrons. The Balaban J connectivity index is 1.15. The molecule has 2 fully saturated rings. The van der Waals surface area contributed by atoms with Gasteiger partial charge in [-0.3, -0.25) is 0 Å². The van der Waals surface area contributed by atoms with Crippen LogP contribution >= 0.6 is 0 Å². The molecule has 1 spiro atoms. The monoisotopic (exact) mass is 639 g/mol. The summed E-state index contributed by atoms with van der Waals surface area (Å²) in [6, 6.07) is 7.19. The van der Waals surface area contributed by atoms with E-state index in [1.807, 2.05) is 43.9 Å². The van der Waals surface area contributed by atoms with Gasteiger partial charge in [-0.25, -0.2) is 23.5 Å². The second-order valence-corrected chi connectivity index (χ2v) is 13.0. The first-order valence-corrected chi connectivity index (χ1v) is 15.5. The van der Waals surface area contributed by atoms with Crippen LogP contribution in [0.4, 0.5) is 30.9 Å². The number of nitrogens with one attached hydrogen (secondary N) is 1. The standard InChI is InChI=1S/C34H43F2N5O5/c1-22-17-28(44-6)30(36)25(29(22)35)21-45-24-19-37-31(38-20-24)39-23-7-8-26(27(18-23)43-5)40-13-9-34(10-14-40)11-15-41(16-12-34)32(42)46-33(2,3)4/h7-8,17-20H,9-16,21H2,1-6H3,(H,37,38,39). The Morgan fingerprint density at radius 1 is 0.935 bits per heavy atom. The molecule has 0 saturated carbocycles. The van der Waals surface area contributed by atoms with Crippen LogP contribution in [-0.2, 0) is 11.3 Å². The summed E-state index contributed by atoms with van der Waals surface area (Å²) in [4.78, 5) is 25.3. The first-order valence-electron chi connectivity index (χ1n) is 15.5. The van der Waals surface area contributed by atoms with Gasteiger partial charge in [0.2, 0.25) is 5.95 Å². The third kappa shape index (κ3) is 7.54. The maximum Gasteiger partial charge on any atom is 0.410 e. The number of benzene rings is 2. The van der Waals surface area contributed by atoms with Crippen molar-refractivity contribution in [1.82, 2.24) is 14.9 Å². The van der Waals surface area contributed by atoms with Gasteiger partial charge in [-0.2, -0.15) is 0 Å². The molecule has 2 saturated heterocycles. The number of hydrogen-bond acceptors (Lipinski definition) is 9. The zero-order valence-corrected chi connectivity index (χ0v) is 27.4. The van der Waals surface area contributed by atoms with E-state index in [1.165, 1.54) is 32.5 Å². The summed E-state index contributed by atoms with van der Waals surface area (Å²) < 4.78 is 51.0. The van der Waals surface area contributed by atoms with Crippen molar-refractivity contribution in [2.24, 2.45) is 5.41 Å². The van der Waals surface area contributed by atoms with Crippen molar-refractivity contribution >= 4 is 23.4 Å². The average molecular weight is 640 g/mol. The average Bonchev–Trinajstić information content (AvgIpc) is 3.03. The van der Waals surface area contributed by atoms with Crippen LogP contribution in [0, 0.1) is 24.0 Å². The van der Waals surface area contributed by atoms with Crippen LogP contribution in [0.15, 0.2) is 36.7 Å². The number of aromatic nitrogens is 2. The summed E-state index contributed by atoms with van der Waals surface area (Å²) in [5.41, 5.74) is 1.55. The van der Waals surface area contributed by atoms with E-state index in [0.717, 1.165) is 69.0 Å². The van der Waals surface area contributed by atoms with Crippen molar-refractivity contribution in [3.8, 4) is 17.2 Å². The Hall–Kier alpha value is -4.35. The Morgan fingerprint density at radius 2 is 1.57 bits per heavy atom. The van der Waals surface area contributed by atoms with Crippen LogP contribution in [0.1, 0.15) is 57.6 Å². The summed E-state index contributed by atoms with van der Waals surface area (Å²) in [5.74, 6) is -0.202. The number of hydrogen-bond donors (Lipinski definition) is 1. The second-order valence-electron chi connectivity index (χ2n) is 13.0. The van der Waals surface area contributed by atoms with Gasteiger partial charge in [0, 0.05) is 37.9 Å². The number of anilines is 3. The number of piperidine rings is 2. The summed E-state index contributed by atoms with van der Waals surface area (Å²) in [6.45, 7) is 10.2. The highest BCUT2D eigenvalue weighted by molar-refractivity contribution is 5.69. The lowest BCUT2D eigenvalue weighted by Crippen LogP contribution is -2.49. The third-order valence-corrected chi connectivity index (χ3v) is 8.75. The minimum Gasteiger partial charge on any atom is -0.495 e. The largest absolute Gasteiger partial charge is 0.495 e. The molecular weight excluding hydrogens is 596 g/mol. The number of aryl methyl sites for hydroxylation is 1. The van der Waals surface area contributed by atoms with Gasteiger partial charge < -0.3 is 34.1 Å². The van der Waals surface area contributed by atoms with E-state index < -0.39 is 17.2 Å². The van der Waals surface area contributed by atoms with Gasteiger partial charge in [-0.05, 0) is 82.6 Å². The molecule has 0 bridgehead atoms. The fraction of sp³-hybridized carbons (Fsp3) is 0.500. The Morgan fingerprint density at radius 3 is 2.17 bits per heavy atom. The zero-order chi connectivity index (χ0) is 33.1. The third-order valence-electron chi connectivity index (χ3n) is 8.75. The van der Waals surface area contributed by atoms with E-state index in [-0.39, 0.29) is 40.7 Å². The Kier molecular flexibility index (Phi) is 9.74. The number of halogens is 2. The van der Waals surface area contributed by atoms with Crippen molar-refractivity contribution in [2.45, 2.75) is 65.6 Å². The molecule has 1 amide bonds.